The van der Waals surface area contributed by atoms with E-state index in [0.29, 0.717) is 6.20 Å². The fraction of sp³-hybridized carbons (Fsp3) is 0.400. The highest BCUT2D eigenvalue weighted by Gasteiger charge is 2.35. The Morgan fingerprint density at radius 2 is 2.14 bits per heavy atom. The summed E-state index contributed by atoms with van der Waals surface area (Å²) in [5.74, 6) is -1.27. The predicted molar refractivity (Wildman–Crippen MR) is 64.9 cm³/mol. The minimum Gasteiger partial charge on any atom is -0.395 e. The lowest BCUT2D eigenvalue weighted by Gasteiger charge is -2.22. The van der Waals surface area contributed by atoms with Crippen LogP contribution in [0.2, 0.25) is 5.15 Å². The molecule has 1 aromatic heterocycles. The maximum Gasteiger partial charge on any atom is 0.406 e. The van der Waals surface area contributed by atoms with Crippen LogP contribution in [0.3, 0.4) is 0 Å². The SMILES string of the molecule is O=C(c1cc(Cl)ncc1[N+](=O)[O-])N(CCO)CC(F)(F)F. The van der Waals surface area contributed by atoms with Crippen LogP contribution in [0.25, 0.3) is 0 Å². The maximum atomic E-state index is 12.4. The first-order chi connectivity index (χ1) is 9.65. The van der Waals surface area contributed by atoms with Crippen molar-refractivity contribution in [3.8, 4) is 0 Å². The lowest BCUT2D eigenvalue weighted by atomic mass is 10.2. The minimum atomic E-state index is -4.71. The van der Waals surface area contributed by atoms with Crippen molar-refractivity contribution in [3.05, 3.63) is 33.1 Å². The number of aliphatic hydroxyl groups excluding tert-OH is 1. The standard InChI is InChI=1S/C10H9ClF3N3O4/c11-8-3-6(7(4-15-8)17(20)21)9(19)16(1-2-18)5-10(12,13)14/h3-4,18H,1-2,5H2. The van der Waals surface area contributed by atoms with Gasteiger partial charge in [0.2, 0.25) is 0 Å². The summed E-state index contributed by atoms with van der Waals surface area (Å²) < 4.78 is 37.2. The van der Waals surface area contributed by atoms with Crippen molar-refractivity contribution < 1.29 is 28.0 Å². The van der Waals surface area contributed by atoms with E-state index in [9.17, 15) is 28.1 Å². The van der Waals surface area contributed by atoms with Crippen LogP contribution >= 0.6 is 11.6 Å². The van der Waals surface area contributed by atoms with Gasteiger partial charge in [-0.3, -0.25) is 14.9 Å². The molecule has 0 unspecified atom stereocenters. The van der Waals surface area contributed by atoms with E-state index in [1.54, 1.807) is 0 Å². The van der Waals surface area contributed by atoms with Crippen molar-refractivity contribution in [2.75, 3.05) is 19.7 Å². The van der Waals surface area contributed by atoms with Gasteiger partial charge in [-0.25, -0.2) is 4.98 Å². The molecule has 1 amide bonds. The summed E-state index contributed by atoms with van der Waals surface area (Å²) in [5.41, 5.74) is -1.40. The molecule has 0 aliphatic heterocycles. The number of alkyl halides is 3. The summed E-state index contributed by atoms with van der Waals surface area (Å²) in [6.07, 6.45) is -4.03. The average Bonchev–Trinajstić information content (AvgIpc) is 2.35. The number of halogens is 4. The molecule has 1 N–H and O–H groups in total. The Morgan fingerprint density at radius 3 is 2.62 bits per heavy atom. The number of nitrogens with zero attached hydrogens (tertiary/aromatic N) is 3. The summed E-state index contributed by atoms with van der Waals surface area (Å²) in [5, 5.41) is 19.2. The van der Waals surface area contributed by atoms with Gasteiger partial charge in [-0.1, -0.05) is 11.6 Å². The second-order valence-corrected chi connectivity index (χ2v) is 4.23. The number of hydrogen-bond donors (Lipinski definition) is 1. The average molecular weight is 328 g/mol. The third-order valence-corrected chi connectivity index (χ3v) is 2.51. The van der Waals surface area contributed by atoms with Crippen LogP contribution in [-0.4, -0.2) is 51.7 Å². The van der Waals surface area contributed by atoms with Crippen molar-refractivity contribution in [3.63, 3.8) is 0 Å². The number of amides is 1. The van der Waals surface area contributed by atoms with Gasteiger partial charge in [0.1, 0.15) is 23.5 Å². The molecule has 116 valence electrons. The molecular weight excluding hydrogens is 319 g/mol. The first-order valence-corrected chi connectivity index (χ1v) is 5.80. The van der Waals surface area contributed by atoms with Gasteiger partial charge in [0.15, 0.2) is 0 Å². The van der Waals surface area contributed by atoms with Crippen molar-refractivity contribution in [2.24, 2.45) is 0 Å². The fourth-order valence-electron chi connectivity index (χ4n) is 1.50. The zero-order valence-electron chi connectivity index (χ0n) is 10.3. The van der Waals surface area contributed by atoms with E-state index in [0.717, 1.165) is 6.07 Å². The van der Waals surface area contributed by atoms with Crippen molar-refractivity contribution in [1.29, 1.82) is 0 Å². The Labute approximate surface area is 121 Å². The summed E-state index contributed by atoms with van der Waals surface area (Å²) in [6.45, 7) is -3.01. The van der Waals surface area contributed by atoms with E-state index >= 15 is 0 Å². The van der Waals surface area contributed by atoms with Gasteiger partial charge < -0.3 is 10.0 Å². The number of pyridine rings is 1. The molecule has 0 saturated heterocycles. The molecule has 7 nitrogen and oxygen atoms in total. The van der Waals surface area contributed by atoms with Gasteiger partial charge in [0.05, 0.1) is 11.5 Å². The van der Waals surface area contributed by atoms with Crippen LogP contribution in [0.1, 0.15) is 10.4 Å². The molecule has 0 aliphatic carbocycles. The number of aromatic nitrogens is 1. The van der Waals surface area contributed by atoms with Gasteiger partial charge >= 0.3 is 6.18 Å². The molecule has 0 atom stereocenters. The molecule has 1 heterocycles. The molecule has 11 heteroatoms. The number of aliphatic hydroxyl groups is 1. The number of hydrogen-bond acceptors (Lipinski definition) is 5. The number of nitro groups is 1. The van der Waals surface area contributed by atoms with E-state index < -0.39 is 48.0 Å². The highest BCUT2D eigenvalue weighted by molar-refractivity contribution is 6.29. The zero-order valence-corrected chi connectivity index (χ0v) is 11.1. The number of rotatable bonds is 5. The lowest BCUT2D eigenvalue weighted by molar-refractivity contribution is -0.385. The Morgan fingerprint density at radius 1 is 1.52 bits per heavy atom. The Bertz CT molecular complexity index is 553. The van der Waals surface area contributed by atoms with E-state index in [1.807, 2.05) is 0 Å². The second kappa shape index (κ2) is 6.68. The van der Waals surface area contributed by atoms with Crippen molar-refractivity contribution in [1.82, 2.24) is 9.88 Å². The van der Waals surface area contributed by atoms with Gasteiger partial charge in [0, 0.05) is 6.54 Å². The minimum absolute atomic E-state index is 0.249. The van der Waals surface area contributed by atoms with E-state index in [1.165, 1.54) is 0 Å². The van der Waals surface area contributed by atoms with Crippen molar-refractivity contribution >= 4 is 23.2 Å². The van der Waals surface area contributed by atoms with Crippen molar-refractivity contribution in [2.45, 2.75) is 6.18 Å². The highest BCUT2D eigenvalue weighted by atomic mass is 35.5. The molecule has 0 aromatic carbocycles. The Kier molecular flexibility index (Phi) is 5.44. The molecule has 1 rings (SSSR count). The third kappa shape index (κ3) is 4.83. The maximum absolute atomic E-state index is 12.4. The molecule has 21 heavy (non-hydrogen) atoms. The molecule has 0 bridgehead atoms. The monoisotopic (exact) mass is 327 g/mol. The van der Waals surface area contributed by atoms with Gasteiger partial charge in [-0.2, -0.15) is 13.2 Å². The summed E-state index contributed by atoms with van der Waals surface area (Å²) in [6, 6.07) is 0.808. The van der Waals surface area contributed by atoms with Gasteiger partial charge in [-0.05, 0) is 6.07 Å². The van der Waals surface area contributed by atoms with E-state index in [2.05, 4.69) is 4.98 Å². The fourth-order valence-corrected chi connectivity index (χ4v) is 1.66. The topological polar surface area (TPSA) is 96.6 Å². The van der Waals surface area contributed by atoms with Gasteiger partial charge in [-0.15, -0.1) is 0 Å². The number of carbonyl (C=O) groups is 1. The molecule has 0 aliphatic rings. The summed E-state index contributed by atoms with van der Waals surface area (Å²) in [7, 11) is 0. The molecule has 0 spiro atoms. The molecular formula is C10H9ClF3N3O4. The van der Waals surface area contributed by atoms with Crippen LogP contribution in [0, 0.1) is 10.1 Å². The van der Waals surface area contributed by atoms with Crippen LogP contribution < -0.4 is 0 Å². The molecule has 1 aromatic rings. The number of carbonyl (C=O) groups excluding carboxylic acids is 1. The van der Waals surface area contributed by atoms with E-state index in [4.69, 9.17) is 16.7 Å². The second-order valence-electron chi connectivity index (χ2n) is 3.85. The van der Waals surface area contributed by atoms with Crippen LogP contribution in [0.4, 0.5) is 18.9 Å². The van der Waals surface area contributed by atoms with Gasteiger partial charge in [0.25, 0.3) is 11.6 Å². The summed E-state index contributed by atoms with van der Waals surface area (Å²) in [4.78, 5) is 25.5. The highest BCUT2D eigenvalue weighted by Crippen LogP contribution is 2.24. The first kappa shape index (κ1) is 17.1. The van der Waals surface area contributed by atoms with Crippen LogP contribution in [0.15, 0.2) is 12.3 Å². The first-order valence-electron chi connectivity index (χ1n) is 5.42. The third-order valence-electron chi connectivity index (χ3n) is 2.30. The molecule has 0 radical (unpaired) electrons. The smallest absolute Gasteiger partial charge is 0.395 e. The Balaban J connectivity index is 3.19. The molecule has 0 saturated carbocycles. The quantitative estimate of drug-likeness (QED) is 0.504. The Hall–Kier alpha value is -1.94. The molecule has 0 fully saturated rings. The lowest BCUT2D eigenvalue weighted by Crippen LogP contribution is -2.40. The van der Waals surface area contributed by atoms with Crippen LogP contribution in [0.5, 0.6) is 0 Å². The van der Waals surface area contributed by atoms with Crippen LogP contribution in [-0.2, 0) is 0 Å². The summed E-state index contributed by atoms with van der Waals surface area (Å²) >= 11 is 5.50. The zero-order chi connectivity index (χ0) is 16.2. The van der Waals surface area contributed by atoms with E-state index in [-0.39, 0.29) is 10.1 Å². The normalized spacial score (nSPS) is 11.3. The largest absolute Gasteiger partial charge is 0.406 e. The predicted octanol–water partition coefficient (Wildman–Crippen LogP) is 1.64.